The van der Waals surface area contributed by atoms with Crippen LogP contribution in [0, 0.1) is 0 Å². The van der Waals surface area contributed by atoms with Crippen molar-refractivity contribution >= 4 is 47.1 Å². The van der Waals surface area contributed by atoms with E-state index in [0.29, 0.717) is 0 Å². The van der Waals surface area contributed by atoms with Crippen molar-refractivity contribution in [1.29, 1.82) is 0 Å². The average molecular weight is 499 g/mol. The van der Waals surface area contributed by atoms with E-state index in [2.05, 4.69) is 62.1 Å². The average Bonchev–Trinajstić information content (AvgIpc) is 3.08. The van der Waals surface area contributed by atoms with Crippen LogP contribution in [0.4, 0.5) is 5.82 Å². The fourth-order valence-electron chi connectivity index (χ4n) is 3.24. The van der Waals surface area contributed by atoms with Crippen LogP contribution in [-0.2, 0) is 6.54 Å². The van der Waals surface area contributed by atoms with Crippen molar-refractivity contribution in [3.05, 3.63) is 46.3 Å². The fraction of sp³-hybridized carbons (Fsp3) is 0.500. The minimum absolute atomic E-state index is 0. The van der Waals surface area contributed by atoms with Crippen molar-refractivity contribution in [1.82, 2.24) is 15.6 Å². The second-order valence-electron chi connectivity index (χ2n) is 6.73. The molecule has 1 saturated heterocycles. The highest BCUT2D eigenvalue weighted by Gasteiger charge is 2.12. The molecule has 1 aliphatic heterocycles. The zero-order valence-electron chi connectivity index (χ0n) is 16.1. The summed E-state index contributed by atoms with van der Waals surface area (Å²) in [5.74, 6) is 1.92. The van der Waals surface area contributed by atoms with Crippen LogP contribution in [0.15, 0.2) is 40.8 Å². The van der Waals surface area contributed by atoms with Gasteiger partial charge in [-0.15, -0.1) is 35.3 Å². The standard InChI is InChI=1S/C20H29N5S.HI/c1-16(18-8-7-13-26-18)24-20(21-2)23-15-17-9-10-22-19(14-17)25-11-5-3-4-6-12-25;/h7-10,13-14,16H,3-6,11-12,15H2,1-2H3,(H2,21,23,24);1H. The molecule has 3 heterocycles. The third-order valence-corrected chi connectivity index (χ3v) is 5.80. The Morgan fingerprint density at radius 1 is 1.26 bits per heavy atom. The maximum Gasteiger partial charge on any atom is 0.191 e. The van der Waals surface area contributed by atoms with Crippen molar-refractivity contribution in [2.75, 3.05) is 25.0 Å². The van der Waals surface area contributed by atoms with Gasteiger partial charge in [0.15, 0.2) is 5.96 Å². The molecule has 0 amide bonds. The van der Waals surface area contributed by atoms with Gasteiger partial charge in [-0.2, -0.15) is 0 Å². The van der Waals surface area contributed by atoms with Gasteiger partial charge in [0.05, 0.1) is 6.04 Å². The summed E-state index contributed by atoms with van der Waals surface area (Å²) in [6.45, 7) is 5.12. The molecule has 0 saturated carbocycles. The number of hydrogen-bond donors (Lipinski definition) is 2. The van der Waals surface area contributed by atoms with Crippen molar-refractivity contribution in [3.63, 3.8) is 0 Å². The smallest absolute Gasteiger partial charge is 0.191 e. The maximum absolute atomic E-state index is 4.59. The third-order valence-electron chi connectivity index (χ3n) is 4.75. The Balaban J connectivity index is 0.00000261. The molecule has 27 heavy (non-hydrogen) atoms. The Kier molecular flexibility index (Phi) is 9.33. The topological polar surface area (TPSA) is 52.6 Å². The summed E-state index contributed by atoms with van der Waals surface area (Å²) in [6.07, 6.45) is 7.12. The number of rotatable bonds is 5. The number of hydrogen-bond acceptors (Lipinski definition) is 4. The van der Waals surface area contributed by atoms with Gasteiger partial charge in [-0.25, -0.2) is 4.98 Å². The fourth-order valence-corrected chi connectivity index (χ4v) is 3.97. The van der Waals surface area contributed by atoms with Crippen LogP contribution in [0.5, 0.6) is 0 Å². The van der Waals surface area contributed by atoms with E-state index < -0.39 is 0 Å². The first-order valence-electron chi connectivity index (χ1n) is 9.47. The number of pyridine rings is 1. The number of thiophene rings is 1. The lowest BCUT2D eigenvalue weighted by Gasteiger charge is -2.22. The Morgan fingerprint density at radius 2 is 2.04 bits per heavy atom. The molecule has 2 aromatic heterocycles. The van der Waals surface area contributed by atoms with Gasteiger partial charge in [0.25, 0.3) is 0 Å². The van der Waals surface area contributed by atoms with E-state index in [0.717, 1.165) is 31.4 Å². The van der Waals surface area contributed by atoms with Crippen LogP contribution in [0.2, 0.25) is 0 Å². The molecule has 0 radical (unpaired) electrons. The third kappa shape index (κ3) is 6.64. The monoisotopic (exact) mass is 499 g/mol. The number of anilines is 1. The van der Waals surface area contributed by atoms with Crippen LogP contribution in [0.1, 0.15) is 49.1 Å². The second kappa shape index (κ2) is 11.5. The maximum atomic E-state index is 4.59. The lowest BCUT2D eigenvalue weighted by molar-refractivity contribution is 0.696. The van der Waals surface area contributed by atoms with Gasteiger partial charge in [-0.3, -0.25) is 4.99 Å². The molecule has 0 spiro atoms. The number of nitrogens with one attached hydrogen (secondary N) is 2. The molecule has 5 nitrogen and oxygen atoms in total. The van der Waals surface area contributed by atoms with Crippen LogP contribution in [0.3, 0.4) is 0 Å². The molecule has 1 atom stereocenters. The quantitative estimate of drug-likeness (QED) is 0.360. The molecule has 2 aromatic rings. The summed E-state index contributed by atoms with van der Waals surface area (Å²) in [6, 6.07) is 8.74. The van der Waals surface area contributed by atoms with Gasteiger partial charge >= 0.3 is 0 Å². The number of halogens is 1. The predicted molar refractivity (Wildman–Crippen MR) is 126 cm³/mol. The normalized spacial score (nSPS) is 16.2. The molecule has 1 fully saturated rings. The Morgan fingerprint density at radius 3 is 2.70 bits per heavy atom. The van der Waals surface area contributed by atoms with E-state index in [1.807, 2.05) is 13.2 Å². The summed E-state index contributed by atoms with van der Waals surface area (Å²) in [5.41, 5.74) is 1.23. The number of guanidine groups is 1. The number of aliphatic imine (C=N–C) groups is 1. The van der Waals surface area contributed by atoms with Crippen LogP contribution in [0.25, 0.3) is 0 Å². The summed E-state index contributed by atoms with van der Waals surface area (Å²) < 4.78 is 0. The molecule has 1 aliphatic rings. The largest absolute Gasteiger partial charge is 0.357 e. The van der Waals surface area contributed by atoms with E-state index in [9.17, 15) is 0 Å². The molecular formula is C20H30IN5S. The molecule has 0 bridgehead atoms. The number of nitrogens with zero attached hydrogens (tertiary/aromatic N) is 3. The lowest BCUT2D eigenvalue weighted by Crippen LogP contribution is -2.38. The van der Waals surface area contributed by atoms with Crippen molar-refractivity contribution < 1.29 is 0 Å². The van der Waals surface area contributed by atoms with Gasteiger partial charge in [0, 0.05) is 37.8 Å². The zero-order valence-corrected chi connectivity index (χ0v) is 19.3. The molecule has 0 aliphatic carbocycles. The van der Waals surface area contributed by atoms with Gasteiger partial charge in [0.1, 0.15) is 5.82 Å². The zero-order chi connectivity index (χ0) is 18.2. The van der Waals surface area contributed by atoms with Crippen LogP contribution >= 0.6 is 35.3 Å². The predicted octanol–water partition coefficient (Wildman–Crippen LogP) is 4.57. The Bertz CT molecular complexity index is 696. The van der Waals surface area contributed by atoms with E-state index in [4.69, 9.17) is 0 Å². The van der Waals surface area contributed by atoms with E-state index >= 15 is 0 Å². The van der Waals surface area contributed by atoms with E-state index in [-0.39, 0.29) is 30.0 Å². The minimum atomic E-state index is 0. The number of aromatic nitrogens is 1. The first-order chi connectivity index (χ1) is 12.8. The SMILES string of the molecule is CN=C(NCc1ccnc(N2CCCCCC2)c1)NC(C)c1cccs1.I. The summed E-state index contributed by atoms with van der Waals surface area (Å²) in [4.78, 5) is 12.7. The van der Waals surface area contributed by atoms with Crippen molar-refractivity contribution in [3.8, 4) is 0 Å². The molecule has 7 heteroatoms. The molecular weight excluding hydrogens is 469 g/mol. The Hall–Kier alpha value is -1.35. The Labute approximate surface area is 183 Å². The highest BCUT2D eigenvalue weighted by molar-refractivity contribution is 14.0. The molecule has 148 valence electrons. The van der Waals surface area contributed by atoms with Gasteiger partial charge in [0.2, 0.25) is 0 Å². The van der Waals surface area contributed by atoms with Gasteiger partial charge in [-0.05, 0) is 48.9 Å². The minimum Gasteiger partial charge on any atom is -0.357 e. The summed E-state index contributed by atoms with van der Waals surface area (Å²) in [7, 11) is 1.81. The second-order valence-corrected chi connectivity index (χ2v) is 7.71. The molecule has 0 aromatic carbocycles. The van der Waals surface area contributed by atoms with Crippen LogP contribution < -0.4 is 15.5 Å². The first kappa shape index (κ1) is 21.9. The van der Waals surface area contributed by atoms with Crippen molar-refractivity contribution in [2.24, 2.45) is 4.99 Å². The van der Waals surface area contributed by atoms with Gasteiger partial charge in [-0.1, -0.05) is 18.9 Å². The molecule has 3 rings (SSSR count). The first-order valence-corrected chi connectivity index (χ1v) is 10.3. The molecule has 2 N–H and O–H groups in total. The molecule has 1 unspecified atom stereocenters. The van der Waals surface area contributed by atoms with E-state index in [1.165, 1.54) is 36.1 Å². The lowest BCUT2D eigenvalue weighted by atomic mass is 10.2. The summed E-state index contributed by atoms with van der Waals surface area (Å²) in [5, 5.41) is 8.97. The summed E-state index contributed by atoms with van der Waals surface area (Å²) >= 11 is 1.76. The van der Waals surface area contributed by atoms with Gasteiger partial charge < -0.3 is 15.5 Å². The highest BCUT2D eigenvalue weighted by Crippen LogP contribution is 2.19. The van der Waals surface area contributed by atoms with Crippen molar-refractivity contribution in [2.45, 2.75) is 45.2 Å². The highest BCUT2D eigenvalue weighted by atomic mass is 127. The van der Waals surface area contributed by atoms with E-state index in [1.54, 1.807) is 11.3 Å². The van der Waals surface area contributed by atoms with Crippen LogP contribution in [-0.4, -0.2) is 31.1 Å².